The predicted molar refractivity (Wildman–Crippen MR) is 121 cm³/mol. The fourth-order valence-electron chi connectivity index (χ4n) is 4.53. The van der Waals surface area contributed by atoms with Crippen molar-refractivity contribution in [3.8, 4) is 11.1 Å². The van der Waals surface area contributed by atoms with Gasteiger partial charge in [-0.05, 0) is 56.9 Å². The van der Waals surface area contributed by atoms with Crippen molar-refractivity contribution in [3.63, 3.8) is 0 Å². The number of rotatable bonds is 1. The number of hydrogen-bond acceptors (Lipinski definition) is 0. The van der Waals surface area contributed by atoms with Gasteiger partial charge in [0, 0.05) is 28.9 Å². The van der Waals surface area contributed by atoms with Gasteiger partial charge in [-0.25, -0.2) is 0 Å². The third-order valence-electron chi connectivity index (χ3n) is 5.98. The Labute approximate surface area is 163 Å². The number of aromatic nitrogens is 1. The first-order valence-electron chi connectivity index (χ1n) is 9.69. The Morgan fingerprint density at radius 1 is 0.500 bits per heavy atom. The fourth-order valence-corrected chi connectivity index (χ4v) is 4.53. The molecule has 1 heterocycles. The van der Waals surface area contributed by atoms with E-state index >= 15 is 0 Å². The molecule has 0 unspecified atom stereocenters. The highest BCUT2D eigenvalue weighted by atomic mass is 14.9. The Hall–Kier alpha value is -3.58. The molecule has 0 aliphatic heterocycles. The van der Waals surface area contributed by atoms with Crippen LogP contribution >= 0.6 is 0 Å². The van der Waals surface area contributed by atoms with Gasteiger partial charge in [0.15, 0.2) is 0 Å². The average Bonchev–Trinajstić information content (AvgIpc) is 3.05. The van der Waals surface area contributed by atoms with Gasteiger partial charge >= 0.3 is 0 Å². The first kappa shape index (κ1) is 15.5. The summed E-state index contributed by atoms with van der Waals surface area (Å²) in [6.45, 7) is 0. The topological polar surface area (TPSA) is 4.93 Å². The second-order valence-electron chi connectivity index (χ2n) is 7.53. The third kappa shape index (κ3) is 2.13. The third-order valence-corrected chi connectivity index (χ3v) is 5.98. The summed E-state index contributed by atoms with van der Waals surface area (Å²) in [6, 6.07) is 35.3. The minimum Gasteiger partial charge on any atom is -0.344 e. The molecular formula is C27H19N. The standard InChI is InChI=1S/C27H19N/c1-28-25-14-13-22(21-11-10-18-6-2-3-8-20(18)16-21)17-24(25)27-23-9-5-4-7-19(23)12-15-26(27)28/h2-17H,1H3. The molecule has 0 saturated heterocycles. The maximum atomic E-state index is 2.36. The highest BCUT2D eigenvalue weighted by Gasteiger charge is 2.12. The first-order valence-corrected chi connectivity index (χ1v) is 9.69. The largest absolute Gasteiger partial charge is 0.344 e. The summed E-state index contributed by atoms with van der Waals surface area (Å²) < 4.78 is 2.31. The molecule has 1 nitrogen and oxygen atoms in total. The number of fused-ring (bicyclic) bond motifs is 6. The monoisotopic (exact) mass is 357 g/mol. The molecule has 132 valence electrons. The van der Waals surface area contributed by atoms with Crippen LogP contribution in [0.4, 0.5) is 0 Å². The van der Waals surface area contributed by atoms with Crippen molar-refractivity contribution in [1.29, 1.82) is 0 Å². The Kier molecular flexibility index (Phi) is 3.15. The van der Waals surface area contributed by atoms with E-state index in [1.165, 1.54) is 54.5 Å². The van der Waals surface area contributed by atoms with E-state index in [2.05, 4.69) is 109 Å². The molecule has 0 spiro atoms. The molecule has 5 aromatic carbocycles. The van der Waals surface area contributed by atoms with Crippen molar-refractivity contribution >= 4 is 43.4 Å². The summed E-state index contributed by atoms with van der Waals surface area (Å²) in [4.78, 5) is 0. The quantitative estimate of drug-likeness (QED) is 0.291. The van der Waals surface area contributed by atoms with Gasteiger partial charge in [-0.1, -0.05) is 72.8 Å². The molecule has 0 fully saturated rings. The van der Waals surface area contributed by atoms with E-state index in [0.717, 1.165) is 0 Å². The van der Waals surface area contributed by atoms with Gasteiger partial charge in [0.05, 0.1) is 0 Å². The molecule has 1 aromatic heterocycles. The van der Waals surface area contributed by atoms with Gasteiger partial charge < -0.3 is 4.57 Å². The minimum atomic E-state index is 1.26. The highest BCUT2D eigenvalue weighted by molar-refractivity contribution is 6.21. The lowest BCUT2D eigenvalue weighted by atomic mass is 9.98. The maximum Gasteiger partial charge on any atom is 0.0495 e. The van der Waals surface area contributed by atoms with Gasteiger partial charge in [-0.15, -0.1) is 0 Å². The van der Waals surface area contributed by atoms with Crippen molar-refractivity contribution in [1.82, 2.24) is 4.57 Å². The molecule has 0 N–H and O–H groups in total. The Morgan fingerprint density at radius 2 is 1.14 bits per heavy atom. The molecule has 0 saturated carbocycles. The van der Waals surface area contributed by atoms with Gasteiger partial charge in [0.25, 0.3) is 0 Å². The average molecular weight is 357 g/mol. The summed E-state index contributed by atoms with van der Waals surface area (Å²) in [7, 11) is 2.16. The van der Waals surface area contributed by atoms with Crippen molar-refractivity contribution in [2.75, 3.05) is 0 Å². The van der Waals surface area contributed by atoms with Crippen molar-refractivity contribution in [2.24, 2.45) is 7.05 Å². The summed E-state index contributed by atoms with van der Waals surface area (Å²) in [5.41, 5.74) is 5.08. The van der Waals surface area contributed by atoms with Crippen LogP contribution in [-0.4, -0.2) is 4.57 Å². The molecule has 0 amide bonds. The van der Waals surface area contributed by atoms with E-state index in [1.54, 1.807) is 0 Å². The van der Waals surface area contributed by atoms with Crippen LogP contribution in [0, 0.1) is 0 Å². The molecule has 6 rings (SSSR count). The zero-order valence-electron chi connectivity index (χ0n) is 15.7. The molecule has 0 bridgehead atoms. The van der Waals surface area contributed by atoms with Crippen LogP contribution in [0.5, 0.6) is 0 Å². The minimum absolute atomic E-state index is 1.26. The van der Waals surface area contributed by atoms with Gasteiger partial charge in [-0.3, -0.25) is 0 Å². The summed E-state index contributed by atoms with van der Waals surface area (Å²) in [6.07, 6.45) is 0. The zero-order chi connectivity index (χ0) is 18.7. The lowest BCUT2D eigenvalue weighted by Gasteiger charge is -2.06. The van der Waals surface area contributed by atoms with Crippen LogP contribution in [0.2, 0.25) is 0 Å². The maximum absolute atomic E-state index is 2.36. The van der Waals surface area contributed by atoms with Crippen molar-refractivity contribution < 1.29 is 0 Å². The molecule has 0 aliphatic rings. The zero-order valence-corrected chi connectivity index (χ0v) is 15.7. The summed E-state index contributed by atoms with van der Waals surface area (Å²) in [5, 5.41) is 7.84. The summed E-state index contributed by atoms with van der Waals surface area (Å²) >= 11 is 0. The number of hydrogen-bond donors (Lipinski definition) is 0. The lowest BCUT2D eigenvalue weighted by molar-refractivity contribution is 1.01. The highest BCUT2D eigenvalue weighted by Crippen LogP contribution is 2.36. The second kappa shape index (κ2) is 5.71. The van der Waals surface area contributed by atoms with E-state index in [9.17, 15) is 0 Å². The molecule has 0 aliphatic carbocycles. The van der Waals surface area contributed by atoms with Gasteiger partial charge in [-0.2, -0.15) is 0 Å². The van der Waals surface area contributed by atoms with Crippen LogP contribution in [0.3, 0.4) is 0 Å². The molecule has 0 radical (unpaired) electrons. The second-order valence-corrected chi connectivity index (χ2v) is 7.53. The van der Waals surface area contributed by atoms with Crippen LogP contribution in [0.15, 0.2) is 97.1 Å². The van der Waals surface area contributed by atoms with Crippen LogP contribution in [-0.2, 0) is 7.05 Å². The van der Waals surface area contributed by atoms with Gasteiger partial charge in [0.2, 0.25) is 0 Å². The van der Waals surface area contributed by atoms with E-state index in [0.29, 0.717) is 0 Å². The van der Waals surface area contributed by atoms with E-state index in [4.69, 9.17) is 0 Å². The first-order chi connectivity index (χ1) is 13.8. The molecule has 28 heavy (non-hydrogen) atoms. The van der Waals surface area contributed by atoms with E-state index in [1.807, 2.05) is 0 Å². The van der Waals surface area contributed by atoms with E-state index in [-0.39, 0.29) is 0 Å². The Bertz CT molecular complexity index is 1520. The fraction of sp³-hybridized carbons (Fsp3) is 0.0370. The van der Waals surface area contributed by atoms with Crippen LogP contribution < -0.4 is 0 Å². The van der Waals surface area contributed by atoms with E-state index < -0.39 is 0 Å². The summed E-state index contributed by atoms with van der Waals surface area (Å²) in [5.74, 6) is 0. The smallest absolute Gasteiger partial charge is 0.0495 e. The van der Waals surface area contributed by atoms with Crippen LogP contribution in [0.1, 0.15) is 0 Å². The lowest BCUT2D eigenvalue weighted by Crippen LogP contribution is -1.86. The molecule has 1 heteroatoms. The Morgan fingerprint density at radius 3 is 2.04 bits per heavy atom. The number of nitrogens with zero attached hydrogens (tertiary/aromatic N) is 1. The SMILES string of the molecule is Cn1c2ccc(-c3ccc4ccccc4c3)cc2c2c3ccccc3ccc21. The van der Waals surface area contributed by atoms with Crippen molar-refractivity contribution in [3.05, 3.63) is 97.1 Å². The molecular weight excluding hydrogens is 338 g/mol. The van der Waals surface area contributed by atoms with Gasteiger partial charge in [0.1, 0.15) is 0 Å². The predicted octanol–water partition coefficient (Wildman–Crippen LogP) is 7.30. The molecule has 6 aromatic rings. The normalized spacial score (nSPS) is 11.8. The van der Waals surface area contributed by atoms with Crippen LogP contribution in [0.25, 0.3) is 54.5 Å². The Balaban J connectivity index is 1.68. The number of benzene rings is 5. The van der Waals surface area contributed by atoms with Crippen molar-refractivity contribution in [2.45, 2.75) is 0 Å². The number of aryl methyl sites for hydroxylation is 1. The molecule has 0 atom stereocenters.